The van der Waals surface area contributed by atoms with E-state index >= 15 is 0 Å². The first kappa shape index (κ1) is 12.3. The molecule has 0 aromatic carbocycles. The van der Waals surface area contributed by atoms with Crippen molar-refractivity contribution >= 4 is 22.9 Å². The lowest BCUT2D eigenvalue weighted by molar-refractivity contribution is 0.350. The van der Waals surface area contributed by atoms with Crippen molar-refractivity contribution in [3.05, 3.63) is 24.0 Å². The fraction of sp³-hybridized carbons (Fsp3) is 0.538. The van der Waals surface area contributed by atoms with Gasteiger partial charge >= 0.3 is 0 Å². The molecule has 3 N–H and O–H groups in total. The zero-order chi connectivity index (χ0) is 12.5. The molecule has 4 heteroatoms. The molecule has 1 aromatic rings. The average molecular weight is 249 g/mol. The van der Waals surface area contributed by atoms with Gasteiger partial charge in [0.15, 0.2) is 0 Å². The Morgan fingerprint density at radius 2 is 2.35 bits per heavy atom. The Balaban J connectivity index is 2.21. The second-order valence-corrected chi connectivity index (χ2v) is 5.78. The van der Waals surface area contributed by atoms with Crippen LogP contribution in [0.25, 0.3) is 0 Å². The zero-order valence-corrected chi connectivity index (χ0v) is 11.2. The van der Waals surface area contributed by atoms with E-state index < -0.39 is 0 Å². The van der Waals surface area contributed by atoms with Crippen LogP contribution >= 0.6 is 12.2 Å². The van der Waals surface area contributed by atoms with Crippen molar-refractivity contribution < 1.29 is 0 Å². The molecule has 0 radical (unpaired) electrons. The third kappa shape index (κ3) is 2.57. The summed E-state index contributed by atoms with van der Waals surface area (Å²) in [7, 11) is 0. The SMILES string of the molecule is CC1(C)CCCC1Nc1cccnc1C(N)=S. The van der Waals surface area contributed by atoms with Gasteiger partial charge in [-0.1, -0.05) is 32.5 Å². The number of hydrogen-bond acceptors (Lipinski definition) is 3. The third-order valence-corrected chi connectivity index (χ3v) is 3.82. The van der Waals surface area contributed by atoms with Crippen molar-refractivity contribution in [2.75, 3.05) is 5.32 Å². The first-order valence-electron chi connectivity index (χ1n) is 6.02. The molecule has 0 bridgehead atoms. The highest BCUT2D eigenvalue weighted by molar-refractivity contribution is 7.80. The van der Waals surface area contributed by atoms with Crippen LogP contribution in [0.15, 0.2) is 18.3 Å². The third-order valence-electron chi connectivity index (χ3n) is 3.63. The van der Waals surface area contributed by atoms with Crippen molar-refractivity contribution in [1.29, 1.82) is 0 Å². The van der Waals surface area contributed by atoms with E-state index in [1.54, 1.807) is 6.20 Å². The molecule has 3 nitrogen and oxygen atoms in total. The monoisotopic (exact) mass is 249 g/mol. The highest BCUT2D eigenvalue weighted by Gasteiger charge is 2.34. The van der Waals surface area contributed by atoms with Gasteiger partial charge in [0.1, 0.15) is 10.7 Å². The predicted molar refractivity (Wildman–Crippen MR) is 75.2 cm³/mol. The molecule has 1 atom stereocenters. The summed E-state index contributed by atoms with van der Waals surface area (Å²) < 4.78 is 0. The Kier molecular flexibility index (Phi) is 3.33. The van der Waals surface area contributed by atoms with Crippen LogP contribution in [0.4, 0.5) is 5.69 Å². The lowest BCUT2D eigenvalue weighted by Crippen LogP contribution is -2.32. The summed E-state index contributed by atoms with van der Waals surface area (Å²) in [6, 6.07) is 4.38. The standard InChI is InChI=1S/C13H19N3S/c1-13(2)7-3-6-10(13)16-9-5-4-8-15-11(9)12(14)17/h4-5,8,10,16H,3,6-7H2,1-2H3,(H2,14,17). The minimum absolute atomic E-state index is 0.323. The van der Waals surface area contributed by atoms with Gasteiger partial charge in [0.2, 0.25) is 0 Å². The van der Waals surface area contributed by atoms with E-state index in [-0.39, 0.29) is 0 Å². The Morgan fingerprint density at radius 1 is 1.59 bits per heavy atom. The van der Waals surface area contributed by atoms with Crippen LogP contribution < -0.4 is 11.1 Å². The molecule has 1 saturated carbocycles. The van der Waals surface area contributed by atoms with Crippen molar-refractivity contribution in [1.82, 2.24) is 4.98 Å². The predicted octanol–water partition coefficient (Wildman–Crippen LogP) is 2.71. The van der Waals surface area contributed by atoms with Crippen molar-refractivity contribution in [2.45, 2.75) is 39.2 Å². The second kappa shape index (κ2) is 4.61. The van der Waals surface area contributed by atoms with Gasteiger partial charge in [-0.3, -0.25) is 4.98 Å². The highest BCUT2D eigenvalue weighted by Crippen LogP contribution is 2.39. The number of nitrogens with two attached hydrogens (primary N) is 1. The smallest absolute Gasteiger partial charge is 0.124 e. The molecule has 17 heavy (non-hydrogen) atoms. The van der Waals surface area contributed by atoms with Gasteiger partial charge in [-0.25, -0.2) is 0 Å². The van der Waals surface area contributed by atoms with E-state index in [2.05, 4.69) is 24.1 Å². The minimum Gasteiger partial charge on any atom is -0.388 e. The van der Waals surface area contributed by atoms with Gasteiger partial charge in [0.05, 0.1) is 5.69 Å². The number of thiocarbonyl (C=S) groups is 1. The first-order chi connectivity index (χ1) is 8.00. The minimum atomic E-state index is 0.323. The molecular formula is C13H19N3S. The van der Waals surface area contributed by atoms with Crippen molar-refractivity contribution in [3.63, 3.8) is 0 Å². The van der Waals surface area contributed by atoms with Crippen LogP contribution in [0.2, 0.25) is 0 Å². The molecule has 1 fully saturated rings. The Hall–Kier alpha value is -1.16. The van der Waals surface area contributed by atoms with E-state index in [0.29, 0.717) is 22.1 Å². The molecule has 2 rings (SSSR count). The Labute approximate surface area is 108 Å². The summed E-state index contributed by atoms with van der Waals surface area (Å²) in [5.41, 5.74) is 7.67. The molecule has 1 unspecified atom stereocenters. The maximum atomic E-state index is 5.69. The maximum absolute atomic E-state index is 5.69. The van der Waals surface area contributed by atoms with Crippen LogP contribution in [0.5, 0.6) is 0 Å². The molecule has 0 amide bonds. The summed E-state index contributed by atoms with van der Waals surface area (Å²) in [4.78, 5) is 4.59. The summed E-state index contributed by atoms with van der Waals surface area (Å²) >= 11 is 5.02. The number of rotatable bonds is 3. The van der Waals surface area contributed by atoms with Crippen LogP contribution in [0.3, 0.4) is 0 Å². The van der Waals surface area contributed by atoms with E-state index in [0.717, 1.165) is 5.69 Å². The lowest BCUT2D eigenvalue weighted by Gasteiger charge is -2.29. The number of nitrogens with one attached hydrogen (secondary N) is 1. The number of hydrogen-bond donors (Lipinski definition) is 2. The van der Waals surface area contributed by atoms with E-state index in [4.69, 9.17) is 18.0 Å². The van der Waals surface area contributed by atoms with E-state index in [1.165, 1.54) is 19.3 Å². The summed E-state index contributed by atoms with van der Waals surface area (Å²) in [5.74, 6) is 0. The fourth-order valence-electron chi connectivity index (χ4n) is 2.50. The molecule has 0 aliphatic heterocycles. The van der Waals surface area contributed by atoms with Gasteiger partial charge in [0.25, 0.3) is 0 Å². The molecule has 1 aliphatic carbocycles. The molecule has 0 saturated heterocycles. The lowest BCUT2D eigenvalue weighted by atomic mass is 9.87. The van der Waals surface area contributed by atoms with Crippen LogP contribution in [0.1, 0.15) is 38.8 Å². The average Bonchev–Trinajstić information content (AvgIpc) is 2.59. The number of pyridine rings is 1. The number of nitrogens with zero attached hydrogens (tertiary/aromatic N) is 1. The molecule has 1 aromatic heterocycles. The van der Waals surface area contributed by atoms with Crippen LogP contribution in [0, 0.1) is 5.41 Å². The van der Waals surface area contributed by atoms with Gasteiger partial charge in [-0.05, 0) is 30.4 Å². The second-order valence-electron chi connectivity index (χ2n) is 5.34. The maximum Gasteiger partial charge on any atom is 0.124 e. The normalized spacial score (nSPS) is 22.4. The fourth-order valence-corrected chi connectivity index (χ4v) is 2.66. The van der Waals surface area contributed by atoms with Gasteiger partial charge in [0, 0.05) is 12.2 Å². The molecule has 0 spiro atoms. The van der Waals surface area contributed by atoms with Gasteiger partial charge in [-0.2, -0.15) is 0 Å². The van der Waals surface area contributed by atoms with Gasteiger partial charge < -0.3 is 11.1 Å². The van der Waals surface area contributed by atoms with E-state index in [9.17, 15) is 0 Å². The van der Waals surface area contributed by atoms with Gasteiger partial charge in [-0.15, -0.1) is 0 Å². The van der Waals surface area contributed by atoms with Crippen LogP contribution in [-0.4, -0.2) is 16.0 Å². The molecule has 1 aliphatic rings. The van der Waals surface area contributed by atoms with Crippen molar-refractivity contribution in [3.8, 4) is 0 Å². The number of aromatic nitrogens is 1. The molecule has 1 heterocycles. The summed E-state index contributed by atoms with van der Waals surface area (Å²) in [6.07, 6.45) is 5.44. The Bertz CT molecular complexity index is 428. The highest BCUT2D eigenvalue weighted by atomic mass is 32.1. The van der Waals surface area contributed by atoms with E-state index in [1.807, 2.05) is 12.1 Å². The molecule has 92 valence electrons. The van der Waals surface area contributed by atoms with Crippen molar-refractivity contribution in [2.24, 2.45) is 11.1 Å². The Morgan fingerprint density at radius 3 is 2.94 bits per heavy atom. The quantitative estimate of drug-likeness (QED) is 0.809. The largest absolute Gasteiger partial charge is 0.388 e. The summed E-state index contributed by atoms with van der Waals surface area (Å²) in [5, 5.41) is 3.55. The zero-order valence-electron chi connectivity index (χ0n) is 10.4. The number of anilines is 1. The van der Waals surface area contributed by atoms with Crippen LogP contribution in [-0.2, 0) is 0 Å². The topological polar surface area (TPSA) is 50.9 Å². The summed E-state index contributed by atoms with van der Waals surface area (Å²) in [6.45, 7) is 4.60. The molecular weight excluding hydrogens is 230 g/mol. The first-order valence-corrected chi connectivity index (χ1v) is 6.43.